The Balaban J connectivity index is 2.79. The first-order valence-corrected chi connectivity index (χ1v) is 6.21. The lowest BCUT2D eigenvalue weighted by molar-refractivity contribution is 0.0635. The minimum atomic E-state index is -0.588. The molecule has 0 saturated carbocycles. The predicted octanol–water partition coefficient (Wildman–Crippen LogP) is 3.10. The summed E-state index contributed by atoms with van der Waals surface area (Å²) in [6.45, 7) is 5.32. The molecule has 0 bridgehead atoms. The summed E-state index contributed by atoms with van der Waals surface area (Å²) in [5.74, 6) is -0.373. The van der Waals surface area contributed by atoms with E-state index in [-0.39, 0.29) is 12.4 Å². The highest BCUT2D eigenvalue weighted by Crippen LogP contribution is 2.20. The number of aryl methyl sites for hydroxylation is 1. The van der Waals surface area contributed by atoms with Crippen LogP contribution in [0, 0.1) is 5.82 Å². The number of carbonyl (C=O) groups excluding carboxylic acids is 1. The molecule has 1 amide bonds. The second kappa shape index (κ2) is 6.52. The van der Waals surface area contributed by atoms with Crippen molar-refractivity contribution < 1.29 is 19.0 Å². The number of hydrogen-bond acceptors (Lipinski definition) is 3. The molecular weight excluding hydrogens is 249 g/mol. The highest BCUT2D eigenvalue weighted by molar-refractivity contribution is 5.85. The van der Waals surface area contributed by atoms with Crippen molar-refractivity contribution in [1.82, 2.24) is 0 Å². The number of halogens is 1. The minimum Gasteiger partial charge on any atom is -0.444 e. The molecule has 0 aliphatic heterocycles. The molecule has 1 rings (SSSR count). The molecule has 0 unspecified atom stereocenters. The molecule has 106 valence electrons. The van der Waals surface area contributed by atoms with Gasteiger partial charge in [0.2, 0.25) is 0 Å². The summed E-state index contributed by atoms with van der Waals surface area (Å²) in [5.41, 5.74) is 0.555. The van der Waals surface area contributed by atoms with Gasteiger partial charge >= 0.3 is 6.09 Å². The Kier molecular flexibility index (Phi) is 5.30. The van der Waals surface area contributed by atoms with Gasteiger partial charge in [0.25, 0.3) is 0 Å². The number of nitrogens with one attached hydrogen (secondary N) is 1. The topological polar surface area (TPSA) is 58.6 Å². The number of amides is 1. The molecule has 0 fully saturated rings. The fraction of sp³-hybridized carbons (Fsp3) is 0.500. The van der Waals surface area contributed by atoms with Gasteiger partial charge in [0.05, 0.1) is 0 Å². The quantitative estimate of drug-likeness (QED) is 0.883. The fourth-order valence-corrected chi connectivity index (χ4v) is 1.57. The number of carbonyl (C=O) groups is 1. The third-order valence-electron chi connectivity index (χ3n) is 2.31. The SMILES string of the molecule is CC(C)(C)OC(=O)Nc1ccc(F)cc1CCCO. The molecule has 0 spiro atoms. The van der Waals surface area contributed by atoms with Crippen LogP contribution in [-0.4, -0.2) is 23.4 Å². The van der Waals surface area contributed by atoms with Crippen LogP contribution >= 0.6 is 0 Å². The van der Waals surface area contributed by atoms with Crippen molar-refractivity contribution in [3.05, 3.63) is 29.6 Å². The Morgan fingerprint density at radius 3 is 2.68 bits per heavy atom. The smallest absolute Gasteiger partial charge is 0.412 e. The van der Waals surface area contributed by atoms with Crippen LogP contribution in [0.3, 0.4) is 0 Å². The van der Waals surface area contributed by atoms with Crippen LogP contribution < -0.4 is 5.32 Å². The first-order valence-electron chi connectivity index (χ1n) is 6.21. The molecule has 4 nitrogen and oxygen atoms in total. The fourth-order valence-electron chi connectivity index (χ4n) is 1.57. The molecule has 0 saturated heterocycles. The van der Waals surface area contributed by atoms with Crippen molar-refractivity contribution in [3.63, 3.8) is 0 Å². The van der Waals surface area contributed by atoms with E-state index in [1.807, 2.05) is 0 Å². The van der Waals surface area contributed by atoms with Crippen molar-refractivity contribution >= 4 is 11.8 Å². The molecule has 1 aromatic carbocycles. The van der Waals surface area contributed by atoms with Gasteiger partial charge in [-0.1, -0.05) is 0 Å². The molecular formula is C14H20FNO3. The molecule has 0 aromatic heterocycles. The van der Waals surface area contributed by atoms with E-state index in [0.29, 0.717) is 24.1 Å². The van der Waals surface area contributed by atoms with Crippen LogP contribution in [0.2, 0.25) is 0 Å². The molecule has 0 aliphatic rings. The average molecular weight is 269 g/mol. The maximum absolute atomic E-state index is 13.2. The number of benzene rings is 1. The molecule has 0 aliphatic carbocycles. The first kappa shape index (κ1) is 15.4. The second-order valence-corrected chi connectivity index (χ2v) is 5.26. The van der Waals surface area contributed by atoms with Gasteiger partial charge in [0.1, 0.15) is 11.4 Å². The van der Waals surface area contributed by atoms with Crippen LogP contribution in [0.15, 0.2) is 18.2 Å². The number of aliphatic hydroxyl groups is 1. The average Bonchev–Trinajstić information content (AvgIpc) is 2.27. The maximum atomic E-state index is 13.2. The van der Waals surface area contributed by atoms with Gasteiger partial charge in [-0.05, 0) is 57.4 Å². The van der Waals surface area contributed by atoms with Gasteiger partial charge in [-0.3, -0.25) is 5.32 Å². The summed E-state index contributed by atoms with van der Waals surface area (Å²) in [4.78, 5) is 11.7. The molecule has 0 radical (unpaired) electrons. The molecule has 0 heterocycles. The van der Waals surface area contributed by atoms with Crippen molar-refractivity contribution in [2.45, 2.75) is 39.2 Å². The van der Waals surface area contributed by atoms with Crippen LogP contribution in [0.25, 0.3) is 0 Å². The summed E-state index contributed by atoms with van der Waals surface area (Å²) in [6.07, 6.45) is 0.413. The van der Waals surface area contributed by atoms with Gasteiger partial charge in [0.15, 0.2) is 0 Å². The first-order chi connectivity index (χ1) is 8.81. The van der Waals surface area contributed by atoms with E-state index in [1.165, 1.54) is 18.2 Å². The molecule has 2 N–H and O–H groups in total. The highest BCUT2D eigenvalue weighted by atomic mass is 19.1. The second-order valence-electron chi connectivity index (χ2n) is 5.26. The lowest BCUT2D eigenvalue weighted by Gasteiger charge is -2.20. The van der Waals surface area contributed by atoms with Gasteiger partial charge in [-0.25, -0.2) is 9.18 Å². The van der Waals surface area contributed by atoms with Crippen molar-refractivity contribution in [2.75, 3.05) is 11.9 Å². The summed E-state index contributed by atoms with van der Waals surface area (Å²) < 4.78 is 18.3. The lowest BCUT2D eigenvalue weighted by atomic mass is 10.1. The van der Waals surface area contributed by atoms with Crippen LogP contribution in [0.4, 0.5) is 14.9 Å². The Hall–Kier alpha value is -1.62. The number of rotatable bonds is 4. The summed E-state index contributed by atoms with van der Waals surface area (Å²) in [6, 6.07) is 4.11. The van der Waals surface area contributed by atoms with Gasteiger partial charge in [0, 0.05) is 12.3 Å². The highest BCUT2D eigenvalue weighted by Gasteiger charge is 2.17. The van der Waals surface area contributed by atoms with Crippen molar-refractivity contribution in [3.8, 4) is 0 Å². The van der Waals surface area contributed by atoms with Crippen LogP contribution in [0.1, 0.15) is 32.8 Å². The monoisotopic (exact) mass is 269 g/mol. The number of ether oxygens (including phenoxy) is 1. The maximum Gasteiger partial charge on any atom is 0.412 e. The van der Waals surface area contributed by atoms with E-state index >= 15 is 0 Å². The predicted molar refractivity (Wildman–Crippen MR) is 71.7 cm³/mol. The molecule has 19 heavy (non-hydrogen) atoms. The Bertz CT molecular complexity index is 441. The largest absolute Gasteiger partial charge is 0.444 e. The van der Waals surface area contributed by atoms with Gasteiger partial charge < -0.3 is 9.84 Å². The molecule has 0 atom stereocenters. The Labute approximate surface area is 112 Å². The third kappa shape index (κ3) is 5.70. The van der Waals surface area contributed by atoms with Crippen LogP contribution in [0.5, 0.6) is 0 Å². The number of hydrogen-bond donors (Lipinski definition) is 2. The Morgan fingerprint density at radius 2 is 2.11 bits per heavy atom. The van der Waals surface area contributed by atoms with Crippen molar-refractivity contribution in [2.24, 2.45) is 0 Å². The summed E-state index contributed by atoms with van der Waals surface area (Å²) in [5, 5.41) is 11.4. The molecule has 1 aromatic rings. The van der Waals surface area contributed by atoms with Crippen molar-refractivity contribution in [1.29, 1.82) is 0 Å². The van der Waals surface area contributed by atoms with E-state index in [9.17, 15) is 9.18 Å². The zero-order chi connectivity index (χ0) is 14.5. The number of anilines is 1. The summed E-state index contributed by atoms with van der Waals surface area (Å²) >= 11 is 0. The molecule has 5 heteroatoms. The minimum absolute atomic E-state index is 0.0163. The lowest BCUT2D eigenvalue weighted by Crippen LogP contribution is -2.27. The van der Waals surface area contributed by atoms with E-state index < -0.39 is 11.7 Å². The number of aliphatic hydroxyl groups excluding tert-OH is 1. The van der Waals surface area contributed by atoms with Crippen LogP contribution in [-0.2, 0) is 11.2 Å². The van der Waals surface area contributed by atoms with E-state index in [0.717, 1.165) is 0 Å². The van der Waals surface area contributed by atoms with Gasteiger partial charge in [-0.2, -0.15) is 0 Å². The normalized spacial score (nSPS) is 11.2. The summed E-state index contributed by atoms with van der Waals surface area (Å²) in [7, 11) is 0. The van der Waals surface area contributed by atoms with E-state index in [1.54, 1.807) is 20.8 Å². The van der Waals surface area contributed by atoms with Gasteiger partial charge in [-0.15, -0.1) is 0 Å². The zero-order valence-corrected chi connectivity index (χ0v) is 11.5. The van der Waals surface area contributed by atoms with E-state index in [2.05, 4.69) is 5.32 Å². The standard InChI is InChI=1S/C14H20FNO3/c1-14(2,3)19-13(18)16-12-7-6-11(15)9-10(12)5-4-8-17/h6-7,9,17H,4-5,8H2,1-3H3,(H,16,18). The third-order valence-corrected chi connectivity index (χ3v) is 2.31. The zero-order valence-electron chi connectivity index (χ0n) is 11.5. The Morgan fingerprint density at radius 1 is 1.42 bits per heavy atom. The van der Waals surface area contributed by atoms with E-state index in [4.69, 9.17) is 9.84 Å².